The van der Waals surface area contributed by atoms with Crippen LogP contribution in [0.3, 0.4) is 0 Å². The summed E-state index contributed by atoms with van der Waals surface area (Å²) in [6.45, 7) is 8.44. The maximum absolute atomic E-state index is 13.0. The Morgan fingerprint density at radius 1 is 0.711 bits per heavy atom. The fourth-order valence-corrected chi connectivity index (χ4v) is 5.49. The van der Waals surface area contributed by atoms with Crippen molar-refractivity contribution < 1.29 is 27.9 Å². The zero-order chi connectivity index (χ0) is 27.1. The van der Waals surface area contributed by atoms with E-state index >= 15 is 0 Å². The fraction of sp³-hybridized carbons (Fsp3) is 0.226. The zero-order valence-electron chi connectivity index (χ0n) is 22.1. The Morgan fingerprint density at radius 2 is 1.16 bits per heavy atom. The van der Waals surface area contributed by atoms with Gasteiger partial charge in [0.25, 0.3) is 0 Å². The second-order valence-electron chi connectivity index (χ2n) is 9.49. The van der Waals surface area contributed by atoms with Crippen molar-refractivity contribution in [3.8, 4) is 0 Å². The van der Waals surface area contributed by atoms with Crippen molar-refractivity contribution in [2.75, 3.05) is 0 Å². The molecule has 0 aliphatic rings. The Kier molecular flexibility index (Phi) is 11.9. The number of alkyl halides is 1. The number of aryl methyl sites for hydroxylation is 2. The van der Waals surface area contributed by atoms with E-state index in [4.69, 9.17) is 17.3 Å². The van der Waals surface area contributed by atoms with Crippen LogP contribution in [-0.4, -0.2) is 8.42 Å². The number of nitrogens with one attached hydrogen (secondary N) is 1. The molecule has 38 heavy (non-hydrogen) atoms. The van der Waals surface area contributed by atoms with Gasteiger partial charge in [0, 0.05) is 19.5 Å². The second kappa shape index (κ2) is 14.2. The SMILES string of the molecule is Cc1ccc(C(C)C)cc1.Cc1ccc(S(=O)(=O)N[C@@](N)(c2ccccc2)[C@@H](Cl)c2ccccc2)cc1.[Ru]. The number of sulfonamides is 1. The quantitative estimate of drug-likeness (QED) is 0.128. The minimum atomic E-state index is -3.90. The van der Waals surface area contributed by atoms with Crippen LogP contribution < -0.4 is 10.5 Å². The van der Waals surface area contributed by atoms with E-state index in [0.29, 0.717) is 11.5 Å². The summed E-state index contributed by atoms with van der Waals surface area (Å²) >= 11 is 6.71. The average Bonchev–Trinajstić information content (AvgIpc) is 2.90. The van der Waals surface area contributed by atoms with Crippen LogP contribution in [0.25, 0.3) is 0 Å². The smallest absolute Gasteiger partial charge is 0.242 e. The van der Waals surface area contributed by atoms with Gasteiger partial charge in [-0.2, -0.15) is 4.72 Å². The molecule has 2 atom stereocenters. The number of hydrogen-bond acceptors (Lipinski definition) is 3. The van der Waals surface area contributed by atoms with Gasteiger partial charge in [-0.05, 0) is 48.6 Å². The number of halogens is 1. The van der Waals surface area contributed by atoms with Crippen LogP contribution >= 0.6 is 11.6 Å². The zero-order valence-corrected chi connectivity index (χ0v) is 25.4. The van der Waals surface area contributed by atoms with E-state index in [1.54, 1.807) is 48.5 Å². The van der Waals surface area contributed by atoms with Crippen LogP contribution in [0.4, 0.5) is 0 Å². The summed E-state index contributed by atoms with van der Waals surface area (Å²) in [7, 11) is -3.90. The molecule has 7 heteroatoms. The van der Waals surface area contributed by atoms with Crippen LogP contribution in [0.15, 0.2) is 114 Å². The van der Waals surface area contributed by atoms with Crippen LogP contribution in [0.2, 0.25) is 0 Å². The maximum atomic E-state index is 13.0. The van der Waals surface area contributed by atoms with Gasteiger partial charge in [-0.15, -0.1) is 11.6 Å². The summed E-state index contributed by atoms with van der Waals surface area (Å²) in [6.07, 6.45) is 0. The fourth-order valence-electron chi connectivity index (χ4n) is 3.81. The van der Waals surface area contributed by atoms with E-state index in [0.717, 1.165) is 11.1 Å². The molecule has 4 aromatic rings. The van der Waals surface area contributed by atoms with Crippen LogP contribution in [0, 0.1) is 13.8 Å². The van der Waals surface area contributed by atoms with Crippen molar-refractivity contribution in [2.24, 2.45) is 5.73 Å². The summed E-state index contributed by atoms with van der Waals surface area (Å²) in [5.41, 5.74) is 10.1. The standard InChI is InChI=1S/C21H21ClN2O2S.C10H14.Ru/c1-16-12-14-19(15-13-16)27(25,26)24-21(23,18-10-6-3-7-11-18)20(22)17-8-4-2-5-9-17;1-8(2)10-6-4-9(3)5-7-10;/h2-15,20,24H,23H2,1H3;4-8H,1-3H3;/t20-,21-;;/m0../s1. The van der Waals surface area contributed by atoms with Crippen LogP contribution in [0.1, 0.15) is 53.0 Å². The average molecular weight is 636 g/mol. The minimum Gasteiger partial charge on any atom is -0.307 e. The molecule has 0 amide bonds. The van der Waals surface area contributed by atoms with Gasteiger partial charge in [-0.3, -0.25) is 0 Å². The van der Waals surface area contributed by atoms with Gasteiger partial charge < -0.3 is 5.73 Å². The van der Waals surface area contributed by atoms with E-state index in [2.05, 4.69) is 49.8 Å². The summed E-state index contributed by atoms with van der Waals surface area (Å²) in [6, 6.07) is 33.4. The molecule has 3 N–H and O–H groups in total. The van der Waals surface area contributed by atoms with Crippen molar-refractivity contribution in [1.82, 2.24) is 4.72 Å². The molecule has 0 aliphatic carbocycles. The number of hydrogen-bond donors (Lipinski definition) is 2. The van der Waals surface area contributed by atoms with Crippen molar-refractivity contribution in [2.45, 2.75) is 49.5 Å². The molecule has 202 valence electrons. The van der Waals surface area contributed by atoms with Gasteiger partial charge in [-0.1, -0.05) is 122 Å². The third-order valence-electron chi connectivity index (χ3n) is 6.12. The molecular weight excluding hydrogens is 601 g/mol. The Bertz CT molecular complexity index is 1370. The topological polar surface area (TPSA) is 72.2 Å². The predicted molar refractivity (Wildman–Crippen MR) is 154 cm³/mol. The summed E-state index contributed by atoms with van der Waals surface area (Å²) < 4.78 is 28.7. The monoisotopic (exact) mass is 636 g/mol. The predicted octanol–water partition coefficient (Wildman–Crippen LogP) is 7.18. The Morgan fingerprint density at radius 3 is 1.63 bits per heavy atom. The molecule has 0 spiro atoms. The molecule has 0 saturated carbocycles. The first-order valence-electron chi connectivity index (χ1n) is 12.2. The molecule has 0 aliphatic heterocycles. The Hall–Kier alpha value is -2.34. The maximum Gasteiger partial charge on any atom is 0.242 e. The normalized spacial score (nSPS) is 13.4. The number of rotatable bonds is 7. The van der Waals surface area contributed by atoms with Gasteiger partial charge >= 0.3 is 0 Å². The van der Waals surface area contributed by atoms with E-state index in [1.807, 2.05) is 43.3 Å². The van der Waals surface area contributed by atoms with Crippen LogP contribution in [0.5, 0.6) is 0 Å². The second-order valence-corrected chi connectivity index (χ2v) is 11.6. The molecule has 0 radical (unpaired) electrons. The first-order chi connectivity index (χ1) is 17.5. The Labute approximate surface area is 245 Å². The molecule has 0 aromatic heterocycles. The van der Waals surface area contributed by atoms with E-state index < -0.39 is 21.1 Å². The Balaban J connectivity index is 0.000000389. The van der Waals surface area contributed by atoms with Gasteiger partial charge in [0.05, 0.1) is 10.3 Å². The van der Waals surface area contributed by atoms with Crippen molar-refractivity contribution in [3.63, 3.8) is 0 Å². The molecule has 4 rings (SSSR count). The number of benzene rings is 4. The van der Waals surface area contributed by atoms with Gasteiger partial charge in [-0.25, -0.2) is 8.42 Å². The largest absolute Gasteiger partial charge is 0.307 e. The first-order valence-corrected chi connectivity index (χ1v) is 14.2. The molecule has 0 unspecified atom stereocenters. The molecule has 0 bridgehead atoms. The van der Waals surface area contributed by atoms with Gasteiger partial charge in [0.2, 0.25) is 10.0 Å². The van der Waals surface area contributed by atoms with Crippen molar-refractivity contribution in [1.29, 1.82) is 0 Å². The number of nitrogens with two attached hydrogens (primary N) is 1. The minimum absolute atomic E-state index is 0. The van der Waals surface area contributed by atoms with E-state index in [-0.39, 0.29) is 24.4 Å². The van der Waals surface area contributed by atoms with Crippen molar-refractivity contribution in [3.05, 3.63) is 137 Å². The third-order valence-corrected chi connectivity index (χ3v) is 8.22. The third kappa shape index (κ3) is 8.33. The first kappa shape index (κ1) is 31.9. The van der Waals surface area contributed by atoms with E-state index in [9.17, 15) is 8.42 Å². The van der Waals surface area contributed by atoms with Gasteiger partial charge in [0.1, 0.15) is 5.66 Å². The molecule has 0 heterocycles. The molecular formula is C31H35ClN2O2RuS. The molecule has 0 saturated heterocycles. The molecule has 0 fully saturated rings. The molecule has 4 nitrogen and oxygen atoms in total. The molecule has 4 aromatic carbocycles. The van der Waals surface area contributed by atoms with E-state index in [1.165, 1.54) is 11.1 Å². The summed E-state index contributed by atoms with van der Waals surface area (Å²) in [4.78, 5) is 0.135. The van der Waals surface area contributed by atoms with Crippen molar-refractivity contribution >= 4 is 21.6 Å². The van der Waals surface area contributed by atoms with Crippen LogP contribution in [-0.2, 0) is 35.2 Å². The summed E-state index contributed by atoms with van der Waals surface area (Å²) in [5.74, 6) is 0.653. The van der Waals surface area contributed by atoms with Gasteiger partial charge in [0.15, 0.2) is 0 Å². The summed E-state index contributed by atoms with van der Waals surface area (Å²) in [5, 5.41) is -0.818.